The van der Waals surface area contributed by atoms with Crippen LogP contribution in [0.25, 0.3) is 0 Å². The number of ether oxygens (including phenoxy) is 1. The fourth-order valence-electron chi connectivity index (χ4n) is 1.22. The van der Waals surface area contributed by atoms with Crippen LogP contribution in [-0.4, -0.2) is 19.5 Å². The van der Waals surface area contributed by atoms with Gasteiger partial charge in [-0.1, -0.05) is 6.07 Å². The summed E-state index contributed by atoms with van der Waals surface area (Å²) >= 11 is 0. The van der Waals surface area contributed by atoms with E-state index in [1.54, 1.807) is 18.2 Å². The van der Waals surface area contributed by atoms with Gasteiger partial charge >= 0.3 is 0 Å². The maximum absolute atomic E-state index is 11.1. The lowest BCUT2D eigenvalue weighted by Crippen LogP contribution is -2.25. The van der Waals surface area contributed by atoms with Crippen LogP contribution in [0.4, 0.5) is 5.69 Å². The predicted octanol–water partition coefficient (Wildman–Crippen LogP) is 0.271. The summed E-state index contributed by atoms with van der Waals surface area (Å²) in [5.74, 6) is 0.121. The Morgan fingerprint density at radius 2 is 2.29 bits per heavy atom. The molecule has 0 atom stereocenters. The second kappa shape index (κ2) is 3.14. The molecular formula is C8H9NO4S. The van der Waals surface area contributed by atoms with Crippen LogP contribution in [-0.2, 0) is 16.6 Å². The van der Waals surface area contributed by atoms with Crippen molar-refractivity contribution in [1.82, 2.24) is 0 Å². The van der Waals surface area contributed by atoms with Gasteiger partial charge in [0.1, 0.15) is 5.75 Å². The van der Waals surface area contributed by atoms with E-state index in [0.29, 0.717) is 17.0 Å². The highest BCUT2D eigenvalue weighted by molar-refractivity contribution is 7.92. The zero-order valence-electron chi connectivity index (χ0n) is 7.23. The topological polar surface area (TPSA) is 75.6 Å². The summed E-state index contributed by atoms with van der Waals surface area (Å²) in [5, 5.41) is 8.85. The number of rotatable bonds is 1. The van der Waals surface area contributed by atoms with Crippen LogP contribution in [0.2, 0.25) is 0 Å². The molecule has 0 saturated heterocycles. The Kier molecular flexibility index (Phi) is 2.09. The fraction of sp³-hybridized carbons (Fsp3) is 0.250. The van der Waals surface area contributed by atoms with Gasteiger partial charge in [0.05, 0.1) is 12.3 Å². The van der Waals surface area contributed by atoms with E-state index in [1.807, 2.05) is 0 Å². The maximum atomic E-state index is 11.1. The SMILES string of the molecule is O=S1(=O)COc2ccc(CO)cc2N1. The monoisotopic (exact) mass is 215 g/mol. The van der Waals surface area contributed by atoms with Gasteiger partial charge in [0.15, 0.2) is 0 Å². The van der Waals surface area contributed by atoms with Crippen molar-refractivity contribution in [1.29, 1.82) is 0 Å². The second-order valence-corrected chi connectivity index (χ2v) is 4.64. The molecule has 1 heterocycles. The summed E-state index contributed by atoms with van der Waals surface area (Å²) < 4.78 is 29.6. The number of hydrogen-bond donors (Lipinski definition) is 2. The molecule has 0 amide bonds. The van der Waals surface area contributed by atoms with Crippen molar-refractivity contribution in [2.75, 3.05) is 10.7 Å². The van der Waals surface area contributed by atoms with E-state index in [1.165, 1.54) is 0 Å². The first-order valence-corrected chi connectivity index (χ1v) is 5.63. The Bertz CT molecular complexity index is 454. The van der Waals surface area contributed by atoms with Crippen LogP contribution in [0.1, 0.15) is 5.56 Å². The van der Waals surface area contributed by atoms with E-state index in [4.69, 9.17) is 9.84 Å². The molecule has 6 heteroatoms. The first-order valence-electron chi connectivity index (χ1n) is 3.98. The summed E-state index contributed by atoms with van der Waals surface area (Å²) in [5.41, 5.74) is 1.01. The number of nitrogens with one attached hydrogen (secondary N) is 1. The van der Waals surface area contributed by atoms with E-state index in [2.05, 4.69) is 4.72 Å². The summed E-state index contributed by atoms with van der Waals surface area (Å²) in [6, 6.07) is 4.85. The van der Waals surface area contributed by atoms with Crippen molar-refractivity contribution < 1.29 is 18.3 Å². The van der Waals surface area contributed by atoms with Crippen molar-refractivity contribution in [3.05, 3.63) is 23.8 Å². The third-order valence-corrected chi connectivity index (χ3v) is 2.82. The van der Waals surface area contributed by atoms with Crippen molar-refractivity contribution in [2.24, 2.45) is 0 Å². The molecular weight excluding hydrogens is 206 g/mol. The highest BCUT2D eigenvalue weighted by Crippen LogP contribution is 2.30. The van der Waals surface area contributed by atoms with Crippen molar-refractivity contribution in [3.63, 3.8) is 0 Å². The molecule has 0 bridgehead atoms. The Hall–Kier alpha value is -1.27. The number of benzene rings is 1. The summed E-state index contributed by atoms with van der Waals surface area (Å²) in [6.45, 7) is -0.130. The predicted molar refractivity (Wildman–Crippen MR) is 50.4 cm³/mol. The number of fused-ring (bicyclic) bond motifs is 1. The number of hydrogen-bond acceptors (Lipinski definition) is 4. The van der Waals surface area contributed by atoms with Crippen molar-refractivity contribution in [2.45, 2.75) is 6.61 Å². The number of aliphatic hydroxyl groups excluding tert-OH is 1. The van der Waals surface area contributed by atoms with E-state index in [9.17, 15) is 8.42 Å². The highest BCUT2D eigenvalue weighted by Gasteiger charge is 2.20. The van der Waals surface area contributed by atoms with Crippen LogP contribution in [0.3, 0.4) is 0 Å². The second-order valence-electron chi connectivity index (χ2n) is 2.97. The summed E-state index contributed by atoms with van der Waals surface area (Å²) in [6.07, 6.45) is 0. The highest BCUT2D eigenvalue weighted by atomic mass is 32.2. The molecule has 0 saturated carbocycles. The summed E-state index contributed by atoms with van der Waals surface area (Å²) in [4.78, 5) is 0. The van der Waals surface area contributed by atoms with Gasteiger partial charge in [-0.05, 0) is 17.7 Å². The van der Waals surface area contributed by atoms with Gasteiger partial charge in [-0.25, -0.2) is 8.42 Å². The Morgan fingerprint density at radius 3 is 3.00 bits per heavy atom. The molecule has 0 radical (unpaired) electrons. The normalized spacial score (nSPS) is 17.8. The first kappa shape index (κ1) is 9.29. The molecule has 2 N–H and O–H groups in total. The lowest BCUT2D eigenvalue weighted by Gasteiger charge is -2.19. The smallest absolute Gasteiger partial charge is 0.268 e. The van der Waals surface area contributed by atoms with E-state index in [0.717, 1.165) is 0 Å². The molecule has 1 aromatic carbocycles. The molecule has 2 rings (SSSR count). The Morgan fingerprint density at radius 1 is 1.50 bits per heavy atom. The number of aliphatic hydroxyl groups is 1. The maximum Gasteiger partial charge on any atom is 0.268 e. The Labute approximate surface area is 81.4 Å². The minimum Gasteiger partial charge on any atom is -0.474 e. The number of sulfonamides is 1. The minimum atomic E-state index is -3.37. The molecule has 1 aliphatic rings. The average molecular weight is 215 g/mol. The average Bonchev–Trinajstić information content (AvgIpc) is 2.15. The standard InChI is InChI=1S/C8H9NO4S/c10-4-6-1-2-8-7(3-6)9-14(11,12)5-13-8/h1-3,9-10H,4-5H2. The third-order valence-electron chi connectivity index (χ3n) is 1.86. The molecule has 0 aromatic heterocycles. The molecule has 0 spiro atoms. The largest absolute Gasteiger partial charge is 0.474 e. The van der Waals surface area contributed by atoms with Gasteiger partial charge in [-0.3, -0.25) is 4.72 Å². The van der Waals surface area contributed by atoms with Crippen molar-refractivity contribution in [3.8, 4) is 5.75 Å². The van der Waals surface area contributed by atoms with E-state index in [-0.39, 0.29) is 12.5 Å². The van der Waals surface area contributed by atoms with E-state index < -0.39 is 10.0 Å². The zero-order chi connectivity index (χ0) is 10.2. The van der Waals surface area contributed by atoms with Crippen LogP contribution in [0.5, 0.6) is 5.75 Å². The minimum absolute atomic E-state index is 0.130. The third kappa shape index (κ3) is 1.66. The molecule has 1 aliphatic heterocycles. The zero-order valence-corrected chi connectivity index (χ0v) is 8.04. The molecule has 0 aliphatic carbocycles. The summed E-state index contributed by atoms with van der Waals surface area (Å²) in [7, 11) is -3.37. The van der Waals surface area contributed by atoms with Crippen LogP contribution >= 0.6 is 0 Å². The molecule has 76 valence electrons. The van der Waals surface area contributed by atoms with Crippen LogP contribution in [0, 0.1) is 0 Å². The molecule has 0 unspecified atom stereocenters. The van der Waals surface area contributed by atoms with Gasteiger partial charge in [-0.2, -0.15) is 0 Å². The fourth-order valence-corrected chi connectivity index (χ4v) is 2.05. The number of anilines is 1. The molecule has 0 fully saturated rings. The van der Waals surface area contributed by atoms with Gasteiger partial charge in [0, 0.05) is 0 Å². The molecule has 14 heavy (non-hydrogen) atoms. The van der Waals surface area contributed by atoms with Gasteiger partial charge in [-0.15, -0.1) is 0 Å². The molecule has 1 aromatic rings. The molecule has 5 nitrogen and oxygen atoms in total. The van der Waals surface area contributed by atoms with Gasteiger partial charge in [0.2, 0.25) is 5.94 Å². The van der Waals surface area contributed by atoms with E-state index >= 15 is 0 Å². The van der Waals surface area contributed by atoms with Crippen LogP contribution in [0.15, 0.2) is 18.2 Å². The lowest BCUT2D eigenvalue weighted by atomic mass is 10.2. The lowest BCUT2D eigenvalue weighted by molar-refractivity contribution is 0.281. The Balaban J connectivity index is 2.44. The first-order chi connectivity index (χ1) is 6.61. The quantitative estimate of drug-likeness (QED) is 0.705. The van der Waals surface area contributed by atoms with Gasteiger partial charge in [0.25, 0.3) is 10.0 Å². The van der Waals surface area contributed by atoms with Crippen molar-refractivity contribution >= 4 is 15.7 Å². The van der Waals surface area contributed by atoms with Crippen LogP contribution < -0.4 is 9.46 Å². The van der Waals surface area contributed by atoms with Gasteiger partial charge < -0.3 is 9.84 Å².